The number of amides is 1. The second kappa shape index (κ2) is 18.2. The van der Waals surface area contributed by atoms with E-state index in [1.54, 1.807) is 30.8 Å². The number of ether oxygens (including phenoxy) is 2. The van der Waals surface area contributed by atoms with E-state index in [0.717, 1.165) is 35.3 Å². The number of aromatic nitrogens is 1. The minimum Gasteiger partial charge on any atom is -0.494 e. The third-order valence-corrected chi connectivity index (χ3v) is 10.9. The average molecular weight is 736 g/mol. The van der Waals surface area contributed by atoms with E-state index in [1.165, 1.54) is 74.0 Å². The molecule has 1 fully saturated rings. The predicted molar refractivity (Wildman–Crippen MR) is 208 cm³/mol. The summed E-state index contributed by atoms with van der Waals surface area (Å²) in [5, 5.41) is 0.355. The number of hydrogen-bond acceptors (Lipinski definition) is 6. The van der Waals surface area contributed by atoms with Gasteiger partial charge in [-0.3, -0.25) is 14.5 Å². The SMILES string of the molecule is CCOc1cc(OCC)cc(-n2cc(C(=O)N(CC)c3cc(F)cc(F)c3)c(=O)c3ccc(SCCCCCCC[N+]4(C)CCN(C)CC4)cc32)c1. The molecule has 8 nitrogen and oxygen atoms in total. The van der Waals surface area contributed by atoms with Gasteiger partial charge < -0.3 is 23.4 Å². The van der Waals surface area contributed by atoms with Crippen molar-refractivity contribution < 1.29 is 27.5 Å². The van der Waals surface area contributed by atoms with Crippen molar-refractivity contribution >= 4 is 34.3 Å². The molecule has 0 aliphatic carbocycles. The van der Waals surface area contributed by atoms with Gasteiger partial charge in [-0.25, -0.2) is 8.78 Å². The fourth-order valence-electron chi connectivity index (χ4n) is 6.83. The number of halogens is 2. The van der Waals surface area contributed by atoms with Crippen molar-refractivity contribution in [2.45, 2.75) is 57.8 Å². The summed E-state index contributed by atoms with van der Waals surface area (Å²) in [7, 11) is 4.61. The Balaban J connectivity index is 1.39. The lowest BCUT2D eigenvalue weighted by Gasteiger charge is -2.41. The maximum absolute atomic E-state index is 14.2. The normalized spacial score (nSPS) is 14.4. The van der Waals surface area contributed by atoms with Crippen molar-refractivity contribution in [3.8, 4) is 17.2 Å². The van der Waals surface area contributed by atoms with E-state index in [9.17, 15) is 18.4 Å². The van der Waals surface area contributed by atoms with Gasteiger partial charge in [-0.1, -0.05) is 12.8 Å². The number of nitrogens with zero attached hydrogens (tertiary/aromatic N) is 4. The molecule has 0 unspecified atom stereocenters. The summed E-state index contributed by atoms with van der Waals surface area (Å²) in [4.78, 5) is 32.7. The zero-order valence-electron chi connectivity index (χ0n) is 31.3. The Morgan fingerprint density at radius 2 is 1.50 bits per heavy atom. The summed E-state index contributed by atoms with van der Waals surface area (Å²) in [6.45, 7) is 12.6. The van der Waals surface area contributed by atoms with Gasteiger partial charge in [-0.05, 0) is 83.2 Å². The molecule has 0 saturated carbocycles. The number of fused-ring (bicyclic) bond motifs is 1. The fraction of sp³-hybridized carbons (Fsp3) is 0.463. The van der Waals surface area contributed by atoms with Gasteiger partial charge in [0.1, 0.15) is 28.7 Å². The van der Waals surface area contributed by atoms with Gasteiger partial charge in [0.25, 0.3) is 5.91 Å². The van der Waals surface area contributed by atoms with E-state index < -0.39 is 23.0 Å². The van der Waals surface area contributed by atoms with Crippen LogP contribution in [0.1, 0.15) is 63.2 Å². The molecule has 1 amide bonds. The van der Waals surface area contributed by atoms with Crippen molar-refractivity contribution in [3.05, 3.63) is 88.2 Å². The lowest BCUT2D eigenvalue weighted by Crippen LogP contribution is -2.56. The minimum atomic E-state index is -0.810. The second-order valence-corrected chi connectivity index (χ2v) is 15.0. The monoisotopic (exact) mass is 735 g/mol. The van der Waals surface area contributed by atoms with Crippen LogP contribution in [0.15, 0.2) is 70.5 Å². The van der Waals surface area contributed by atoms with E-state index in [2.05, 4.69) is 19.0 Å². The highest BCUT2D eigenvalue weighted by Crippen LogP contribution is 2.31. The number of likely N-dealkylation sites (N-methyl/N-ethyl adjacent to an activating group) is 2. The van der Waals surface area contributed by atoms with Crippen LogP contribution in [0.25, 0.3) is 16.6 Å². The second-order valence-electron chi connectivity index (χ2n) is 13.8. The molecule has 2 heterocycles. The summed E-state index contributed by atoms with van der Waals surface area (Å²) in [6, 6.07) is 14.1. The molecule has 0 radical (unpaired) electrons. The van der Waals surface area contributed by atoms with Crippen molar-refractivity contribution in [2.75, 3.05) is 77.2 Å². The van der Waals surface area contributed by atoms with E-state index in [-0.39, 0.29) is 17.8 Å². The van der Waals surface area contributed by atoms with Gasteiger partial charge in [0, 0.05) is 66.1 Å². The first-order valence-corrected chi connectivity index (χ1v) is 19.6. The first-order valence-electron chi connectivity index (χ1n) is 18.6. The largest absolute Gasteiger partial charge is 0.494 e. The first kappa shape index (κ1) is 39.3. The van der Waals surface area contributed by atoms with Crippen molar-refractivity contribution in [1.82, 2.24) is 9.47 Å². The molecule has 1 saturated heterocycles. The van der Waals surface area contributed by atoms with Gasteiger partial charge >= 0.3 is 0 Å². The highest BCUT2D eigenvalue weighted by molar-refractivity contribution is 7.99. The molecule has 280 valence electrons. The molecule has 3 aromatic carbocycles. The van der Waals surface area contributed by atoms with Crippen molar-refractivity contribution in [3.63, 3.8) is 0 Å². The summed E-state index contributed by atoms with van der Waals surface area (Å²) < 4.78 is 43.1. The van der Waals surface area contributed by atoms with Crippen LogP contribution in [-0.2, 0) is 0 Å². The quantitative estimate of drug-likeness (QED) is 0.0620. The number of piperazine rings is 1. The van der Waals surface area contributed by atoms with Crippen LogP contribution in [0, 0.1) is 11.6 Å². The van der Waals surface area contributed by atoms with Gasteiger partial charge in [0.15, 0.2) is 0 Å². The molecule has 1 aromatic heterocycles. The summed E-state index contributed by atoms with van der Waals surface area (Å²) in [5.41, 5.74) is 0.723. The highest BCUT2D eigenvalue weighted by atomic mass is 32.2. The molecule has 0 N–H and O–H groups in total. The minimum absolute atomic E-state index is 0.0328. The molecular formula is C41H53F2N4O4S+. The summed E-state index contributed by atoms with van der Waals surface area (Å²) in [5.74, 6) is -0.157. The molecule has 1 aliphatic heterocycles. The fourth-order valence-corrected chi connectivity index (χ4v) is 7.77. The number of rotatable bonds is 17. The predicted octanol–water partition coefficient (Wildman–Crippen LogP) is 8.17. The Hall–Kier alpha value is -3.93. The number of thioether (sulfide) groups is 1. The van der Waals surface area contributed by atoms with Crippen molar-refractivity contribution in [1.29, 1.82) is 0 Å². The topological polar surface area (TPSA) is 64.0 Å². The molecule has 0 atom stereocenters. The molecule has 11 heteroatoms. The van der Waals surface area contributed by atoms with Crippen LogP contribution >= 0.6 is 11.8 Å². The van der Waals surface area contributed by atoms with Crippen LogP contribution in [-0.4, -0.2) is 92.2 Å². The number of unbranched alkanes of at least 4 members (excludes halogenated alkanes) is 4. The molecule has 52 heavy (non-hydrogen) atoms. The van der Waals surface area contributed by atoms with Gasteiger partial charge in [-0.2, -0.15) is 0 Å². The number of benzene rings is 3. The summed E-state index contributed by atoms with van der Waals surface area (Å²) >= 11 is 1.75. The van der Waals surface area contributed by atoms with Gasteiger partial charge in [-0.15, -0.1) is 11.8 Å². The van der Waals surface area contributed by atoms with Gasteiger partial charge in [0.2, 0.25) is 5.43 Å². The maximum Gasteiger partial charge on any atom is 0.263 e. The third-order valence-electron chi connectivity index (χ3n) is 9.85. The molecule has 0 spiro atoms. The number of carbonyl (C=O) groups is 1. The molecule has 4 aromatic rings. The maximum atomic E-state index is 14.2. The lowest BCUT2D eigenvalue weighted by molar-refractivity contribution is -0.913. The number of pyridine rings is 1. The van der Waals surface area contributed by atoms with E-state index in [0.29, 0.717) is 41.3 Å². The molecule has 1 aliphatic rings. The zero-order chi connectivity index (χ0) is 37.3. The summed E-state index contributed by atoms with van der Waals surface area (Å²) in [6.07, 6.45) is 7.55. The zero-order valence-corrected chi connectivity index (χ0v) is 32.1. The Kier molecular flexibility index (Phi) is 13.8. The van der Waals surface area contributed by atoms with Crippen LogP contribution in [0.3, 0.4) is 0 Å². The van der Waals surface area contributed by atoms with Crippen LogP contribution in [0.2, 0.25) is 0 Å². The van der Waals surface area contributed by atoms with Crippen molar-refractivity contribution in [2.24, 2.45) is 0 Å². The van der Waals surface area contributed by atoms with E-state index in [1.807, 2.05) is 42.7 Å². The number of quaternary nitrogens is 1. The standard InChI is InChI=1S/C41H53F2N4O4S/c1-6-45(32-23-30(42)22-31(43)24-32)41(49)38-29-46(33-25-34(50-7-2)27-35(26-33)51-8-3)39-28-36(14-15-37(39)40(38)48)52-21-13-11-9-10-12-18-47(5)19-16-44(4)17-20-47/h14-15,22-29H,6-13,16-21H2,1-5H3/q+1. The first-order chi connectivity index (χ1) is 25.0. The van der Waals surface area contributed by atoms with E-state index >= 15 is 0 Å². The molecule has 0 bridgehead atoms. The molecule has 5 rings (SSSR count). The third kappa shape index (κ3) is 9.93. The lowest BCUT2D eigenvalue weighted by atomic mass is 10.1. The number of anilines is 1. The highest BCUT2D eigenvalue weighted by Gasteiger charge is 2.26. The Morgan fingerprint density at radius 3 is 2.13 bits per heavy atom. The number of hydrogen-bond donors (Lipinski definition) is 0. The smallest absolute Gasteiger partial charge is 0.263 e. The number of carbonyl (C=O) groups excluding carboxylic acids is 1. The van der Waals surface area contributed by atoms with Crippen LogP contribution in [0.4, 0.5) is 14.5 Å². The van der Waals surface area contributed by atoms with Gasteiger partial charge in [0.05, 0.1) is 51.1 Å². The Labute approximate surface area is 310 Å². The Morgan fingerprint density at radius 1 is 0.865 bits per heavy atom. The van der Waals surface area contributed by atoms with E-state index in [4.69, 9.17) is 9.47 Å². The Bertz CT molecular complexity index is 1850. The van der Waals surface area contributed by atoms with Crippen LogP contribution < -0.4 is 19.8 Å². The molecular weight excluding hydrogens is 683 g/mol. The average Bonchev–Trinajstić information content (AvgIpc) is 3.11. The van der Waals surface area contributed by atoms with Crippen LogP contribution in [0.5, 0.6) is 11.5 Å².